The van der Waals surface area contributed by atoms with Gasteiger partial charge in [-0.25, -0.2) is 8.78 Å². The molecule has 0 saturated heterocycles. The standard InChI is InChI=1S/C15H16F2N2O2/c1-3-4-19-15(14(21-2)9-18-19)13(20)7-10-5-11(16)8-12(17)6-10/h5-6,8-9H,3-4,7H2,1-2H3. The van der Waals surface area contributed by atoms with Gasteiger partial charge in [-0.2, -0.15) is 5.10 Å². The van der Waals surface area contributed by atoms with Gasteiger partial charge in [-0.15, -0.1) is 0 Å². The molecular formula is C15H16F2N2O2. The average molecular weight is 294 g/mol. The van der Waals surface area contributed by atoms with E-state index in [9.17, 15) is 13.6 Å². The molecule has 0 unspecified atom stereocenters. The van der Waals surface area contributed by atoms with Crippen molar-refractivity contribution in [3.05, 3.63) is 47.3 Å². The molecule has 6 heteroatoms. The zero-order valence-electron chi connectivity index (χ0n) is 11.9. The van der Waals surface area contributed by atoms with Crippen LogP contribution in [-0.2, 0) is 13.0 Å². The van der Waals surface area contributed by atoms with Gasteiger partial charge in [0.1, 0.15) is 17.3 Å². The third kappa shape index (κ3) is 3.45. The van der Waals surface area contributed by atoms with Gasteiger partial charge in [0.2, 0.25) is 0 Å². The molecule has 0 aliphatic heterocycles. The molecule has 2 rings (SSSR count). The van der Waals surface area contributed by atoms with Crippen LogP contribution in [0.15, 0.2) is 24.4 Å². The normalized spacial score (nSPS) is 10.7. The van der Waals surface area contributed by atoms with Crippen LogP contribution in [0, 0.1) is 11.6 Å². The molecule has 21 heavy (non-hydrogen) atoms. The Balaban J connectivity index is 2.29. The Labute approximate surface area is 121 Å². The van der Waals surface area contributed by atoms with Crippen molar-refractivity contribution in [1.29, 1.82) is 0 Å². The first-order valence-electron chi connectivity index (χ1n) is 6.63. The highest BCUT2D eigenvalue weighted by Crippen LogP contribution is 2.21. The van der Waals surface area contributed by atoms with Crippen LogP contribution in [0.1, 0.15) is 29.4 Å². The van der Waals surface area contributed by atoms with E-state index < -0.39 is 11.6 Å². The van der Waals surface area contributed by atoms with E-state index in [0.717, 1.165) is 24.6 Å². The van der Waals surface area contributed by atoms with Gasteiger partial charge in [-0.05, 0) is 24.1 Å². The Kier molecular flexibility index (Phi) is 4.67. The molecular weight excluding hydrogens is 278 g/mol. The molecule has 0 bridgehead atoms. The summed E-state index contributed by atoms with van der Waals surface area (Å²) in [6, 6.07) is 3.07. The van der Waals surface area contributed by atoms with E-state index in [-0.39, 0.29) is 17.8 Å². The molecule has 0 aliphatic carbocycles. The van der Waals surface area contributed by atoms with Crippen LogP contribution in [0.3, 0.4) is 0 Å². The number of ketones is 1. The second-order valence-corrected chi connectivity index (χ2v) is 4.66. The first-order valence-corrected chi connectivity index (χ1v) is 6.63. The van der Waals surface area contributed by atoms with Gasteiger partial charge >= 0.3 is 0 Å². The first-order chi connectivity index (χ1) is 10.0. The number of benzene rings is 1. The molecule has 4 nitrogen and oxygen atoms in total. The SMILES string of the molecule is CCCn1ncc(OC)c1C(=O)Cc1cc(F)cc(F)c1. The molecule has 1 aromatic heterocycles. The fourth-order valence-corrected chi connectivity index (χ4v) is 2.16. The van der Waals surface area contributed by atoms with Crippen molar-refractivity contribution in [1.82, 2.24) is 9.78 Å². The zero-order chi connectivity index (χ0) is 15.4. The highest BCUT2D eigenvalue weighted by atomic mass is 19.1. The molecule has 1 aromatic carbocycles. The number of hydrogen-bond acceptors (Lipinski definition) is 3. The average Bonchev–Trinajstić information content (AvgIpc) is 2.80. The molecule has 2 aromatic rings. The highest BCUT2D eigenvalue weighted by molar-refractivity contribution is 5.98. The van der Waals surface area contributed by atoms with E-state index in [4.69, 9.17) is 4.74 Å². The first kappa shape index (κ1) is 15.2. The Morgan fingerprint density at radius 1 is 1.29 bits per heavy atom. The van der Waals surface area contributed by atoms with Crippen LogP contribution in [0.5, 0.6) is 5.75 Å². The lowest BCUT2D eigenvalue weighted by molar-refractivity contribution is 0.0979. The maximum Gasteiger partial charge on any atom is 0.189 e. The monoisotopic (exact) mass is 294 g/mol. The predicted octanol–water partition coefficient (Wildman–Crippen LogP) is 3.01. The number of hydrogen-bond donors (Lipinski definition) is 0. The zero-order valence-corrected chi connectivity index (χ0v) is 11.9. The smallest absolute Gasteiger partial charge is 0.189 e. The molecule has 0 saturated carbocycles. The van der Waals surface area contributed by atoms with Crippen molar-refractivity contribution < 1.29 is 18.3 Å². The summed E-state index contributed by atoms with van der Waals surface area (Å²) in [4.78, 5) is 12.4. The quantitative estimate of drug-likeness (QED) is 0.769. The summed E-state index contributed by atoms with van der Waals surface area (Å²) < 4.78 is 33.0. The molecule has 0 radical (unpaired) electrons. The van der Waals surface area contributed by atoms with Crippen LogP contribution in [-0.4, -0.2) is 22.7 Å². The molecule has 0 spiro atoms. The number of nitrogens with zero attached hydrogens (tertiary/aromatic N) is 2. The lowest BCUT2D eigenvalue weighted by Crippen LogP contribution is -2.14. The van der Waals surface area contributed by atoms with Crippen molar-refractivity contribution >= 4 is 5.78 Å². The van der Waals surface area contributed by atoms with Gasteiger partial charge in [0.25, 0.3) is 0 Å². The lowest BCUT2D eigenvalue weighted by atomic mass is 10.1. The van der Waals surface area contributed by atoms with E-state index in [1.165, 1.54) is 13.3 Å². The summed E-state index contributed by atoms with van der Waals surface area (Å²) >= 11 is 0. The van der Waals surface area contributed by atoms with Crippen LogP contribution in [0.4, 0.5) is 8.78 Å². The number of ether oxygens (including phenoxy) is 1. The largest absolute Gasteiger partial charge is 0.493 e. The number of aromatic nitrogens is 2. The molecule has 112 valence electrons. The number of halogens is 2. The van der Waals surface area contributed by atoms with Crippen molar-refractivity contribution in [3.8, 4) is 5.75 Å². The summed E-state index contributed by atoms with van der Waals surface area (Å²) in [5.41, 5.74) is 0.604. The van der Waals surface area contributed by atoms with Gasteiger partial charge in [0.05, 0.1) is 13.3 Å². The number of Topliss-reactive ketones (excluding diaryl/α,β-unsaturated/α-hetero) is 1. The summed E-state index contributed by atoms with van der Waals surface area (Å²) in [6.45, 7) is 2.53. The minimum atomic E-state index is -0.702. The van der Waals surface area contributed by atoms with Crippen molar-refractivity contribution in [2.45, 2.75) is 26.3 Å². The van der Waals surface area contributed by atoms with E-state index in [1.807, 2.05) is 6.92 Å². The van der Waals surface area contributed by atoms with Crippen LogP contribution in [0.25, 0.3) is 0 Å². The number of methoxy groups -OCH3 is 1. The maximum absolute atomic E-state index is 13.2. The van der Waals surface area contributed by atoms with Gasteiger partial charge in [0.15, 0.2) is 11.5 Å². The molecule has 0 N–H and O–H groups in total. The predicted molar refractivity (Wildman–Crippen MR) is 73.5 cm³/mol. The Bertz CT molecular complexity index is 633. The summed E-state index contributed by atoms with van der Waals surface area (Å²) in [6.07, 6.45) is 2.16. The van der Waals surface area contributed by atoms with Crippen LogP contribution >= 0.6 is 0 Å². The van der Waals surface area contributed by atoms with E-state index in [2.05, 4.69) is 5.10 Å². The molecule has 0 fully saturated rings. The molecule has 0 aliphatic rings. The second kappa shape index (κ2) is 6.47. The number of carbonyl (C=O) groups excluding carboxylic acids is 1. The number of aryl methyl sites for hydroxylation is 1. The summed E-state index contributed by atoms with van der Waals surface area (Å²) in [5.74, 6) is -1.33. The summed E-state index contributed by atoms with van der Waals surface area (Å²) in [7, 11) is 1.45. The molecule has 1 heterocycles. The second-order valence-electron chi connectivity index (χ2n) is 4.66. The van der Waals surface area contributed by atoms with Crippen molar-refractivity contribution in [3.63, 3.8) is 0 Å². The van der Waals surface area contributed by atoms with E-state index >= 15 is 0 Å². The topological polar surface area (TPSA) is 44.1 Å². The molecule has 0 atom stereocenters. The fraction of sp³-hybridized carbons (Fsp3) is 0.333. The van der Waals surface area contributed by atoms with Crippen molar-refractivity contribution in [2.75, 3.05) is 7.11 Å². The van der Waals surface area contributed by atoms with Gasteiger partial charge in [-0.1, -0.05) is 6.92 Å². The highest BCUT2D eigenvalue weighted by Gasteiger charge is 2.19. The minimum Gasteiger partial charge on any atom is -0.493 e. The van der Waals surface area contributed by atoms with Crippen LogP contribution in [0.2, 0.25) is 0 Å². The van der Waals surface area contributed by atoms with Crippen LogP contribution < -0.4 is 4.74 Å². The Hall–Kier alpha value is -2.24. The number of carbonyl (C=O) groups is 1. The van der Waals surface area contributed by atoms with Gasteiger partial charge < -0.3 is 4.74 Å². The van der Waals surface area contributed by atoms with Gasteiger partial charge in [0, 0.05) is 19.0 Å². The van der Waals surface area contributed by atoms with E-state index in [1.54, 1.807) is 4.68 Å². The Morgan fingerprint density at radius 3 is 2.52 bits per heavy atom. The third-order valence-corrected chi connectivity index (χ3v) is 3.01. The lowest BCUT2D eigenvalue weighted by Gasteiger charge is -2.08. The Morgan fingerprint density at radius 2 is 1.95 bits per heavy atom. The van der Waals surface area contributed by atoms with Crippen molar-refractivity contribution in [2.24, 2.45) is 0 Å². The molecule has 0 amide bonds. The third-order valence-electron chi connectivity index (χ3n) is 3.01. The minimum absolute atomic E-state index is 0.111. The van der Waals surface area contributed by atoms with E-state index in [0.29, 0.717) is 18.0 Å². The van der Waals surface area contributed by atoms with Gasteiger partial charge in [-0.3, -0.25) is 9.48 Å². The fourth-order valence-electron chi connectivity index (χ4n) is 2.16. The summed E-state index contributed by atoms with van der Waals surface area (Å²) in [5, 5.41) is 4.10. The maximum atomic E-state index is 13.2. The number of rotatable bonds is 6.